The standard InChI is InChI=1S/C18H28N6O8S/c1-33-3-2-11(16(29)24-13(18(31)32)4-9-6-20-8-21-9)22-17(30)12(5-14(26)27)23-15(28)10(19)7-25/h6,8,10-13,25H,2-5,7,19H2,1H3,(H,20,21)(H,22,30)(H,23,28)(H,24,29)(H,26,27)(H,31,32). The van der Waals surface area contributed by atoms with Crippen LogP contribution in [-0.4, -0.2) is 97.7 Å². The molecule has 4 unspecified atom stereocenters. The van der Waals surface area contributed by atoms with E-state index in [1.165, 1.54) is 24.3 Å². The van der Waals surface area contributed by atoms with Gasteiger partial charge in [0.05, 0.1) is 19.4 Å². The number of imidazole rings is 1. The van der Waals surface area contributed by atoms with Crippen LogP contribution in [0.1, 0.15) is 18.5 Å². The molecule has 1 heterocycles. The largest absolute Gasteiger partial charge is 0.481 e. The number of nitrogens with zero attached hydrogens (tertiary/aromatic N) is 1. The highest BCUT2D eigenvalue weighted by molar-refractivity contribution is 7.98. The molecule has 4 atom stereocenters. The van der Waals surface area contributed by atoms with Crippen molar-refractivity contribution in [3.63, 3.8) is 0 Å². The molecule has 0 aromatic carbocycles. The topological polar surface area (TPSA) is 237 Å². The van der Waals surface area contributed by atoms with E-state index in [-0.39, 0.29) is 12.8 Å². The quantitative estimate of drug-likeness (QED) is 0.124. The SMILES string of the molecule is CSCCC(NC(=O)C(CC(=O)O)NC(=O)C(N)CO)C(=O)NC(Cc1cnc[nH]1)C(=O)O. The molecule has 0 radical (unpaired) electrons. The zero-order valence-corrected chi connectivity index (χ0v) is 18.6. The predicted molar refractivity (Wildman–Crippen MR) is 116 cm³/mol. The van der Waals surface area contributed by atoms with Crippen LogP contribution in [0.15, 0.2) is 12.5 Å². The minimum Gasteiger partial charge on any atom is -0.481 e. The second kappa shape index (κ2) is 14.1. The first kappa shape index (κ1) is 27.9. The molecule has 1 aromatic heterocycles. The van der Waals surface area contributed by atoms with E-state index in [2.05, 4.69) is 25.9 Å². The molecule has 0 saturated heterocycles. The number of aromatic amines is 1. The van der Waals surface area contributed by atoms with Crippen molar-refractivity contribution in [1.82, 2.24) is 25.9 Å². The lowest BCUT2D eigenvalue weighted by molar-refractivity contribution is -0.143. The summed E-state index contributed by atoms with van der Waals surface area (Å²) in [4.78, 5) is 66.6. The van der Waals surface area contributed by atoms with Crippen LogP contribution in [0.5, 0.6) is 0 Å². The first-order chi connectivity index (χ1) is 15.6. The molecular weight excluding hydrogens is 460 g/mol. The summed E-state index contributed by atoms with van der Waals surface area (Å²) < 4.78 is 0. The third-order valence-electron chi connectivity index (χ3n) is 4.38. The number of aliphatic hydroxyl groups is 1. The average molecular weight is 489 g/mol. The zero-order chi connectivity index (χ0) is 25.0. The number of carbonyl (C=O) groups excluding carboxylic acids is 3. The molecule has 0 spiro atoms. The number of carboxylic acid groups (broad SMARTS) is 2. The Hall–Kier alpha value is -3.17. The van der Waals surface area contributed by atoms with Gasteiger partial charge in [-0.25, -0.2) is 9.78 Å². The highest BCUT2D eigenvalue weighted by Gasteiger charge is 2.31. The van der Waals surface area contributed by atoms with E-state index in [1.807, 2.05) is 0 Å². The van der Waals surface area contributed by atoms with Gasteiger partial charge in [-0.2, -0.15) is 11.8 Å². The summed E-state index contributed by atoms with van der Waals surface area (Å²) in [6, 6.07) is -5.46. The van der Waals surface area contributed by atoms with Crippen molar-refractivity contribution < 1.29 is 39.3 Å². The van der Waals surface area contributed by atoms with Crippen molar-refractivity contribution in [3.05, 3.63) is 18.2 Å². The van der Waals surface area contributed by atoms with Crippen molar-refractivity contribution in [2.24, 2.45) is 5.73 Å². The van der Waals surface area contributed by atoms with Crippen LogP contribution in [0.2, 0.25) is 0 Å². The number of amides is 3. The number of aliphatic carboxylic acids is 2. The fourth-order valence-electron chi connectivity index (χ4n) is 2.61. The number of aromatic nitrogens is 2. The summed E-state index contributed by atoms with van der Waals surface area (Å²) >= 11 is 1.37. The number of hydrogen-bond donors (Lipinski definition) is 8. The second-order valence-electron chi connectivity index (χ2n) is 6.97. The van der Waals surface area contributed by atoms with Crippen LogP contribution in [0, 0.1) is 0 Å². The predicted octanol–water partition coefficient (Wildman–Crippen LogP) is -2.96. The number of H-pyrrole nitrogens is 1. The Labute approximate surface area is 193 Å². The highest BCUT2D eigenvalue weighted by atomic mass is 32.2. The van der Waals surface area contributed by atoms with Gasteiger partial charge in [-0.15, -0.1) is 0 Å². The van der Waals surface area contributed by atoms with Gasteiger partial charge in [0, 0.05) is 18.3 Å². The summed E-state index contributed by atoms with van der Waals surface area (Å²) in [6.07, 6.45) is 3.76. The summed E-state index contributed by atoms with van der Waals surface area (Å²) in [7, 11) is 0. The molecule has 184 valence electrons. The normalized spacial score (nSPS) is 14.4. The Balaban J connectivity index is 2.95. The van der Waals surface area contributed by atoms with E-state index >= 15 is 0 Å². The minimum absolute atomic E-state index is 0.0823. The summed E-state index contributed by atoms with van der Waals surface area (Å²) in [5.41, 5.74) is 5.85. The van der Waals surface area contributed by atoms with Crippen LogP contribution < -0.4 is 21.7 Å². The van der Waals surface area contributed by atoms with Gasteiger partial charge in [-0.05, 0) is 18.4 Å². The molecular formula is C18H28N6O8S. The van der Waals surface area contributed by atoms with Crippen LogP contribution in [0.3, 0.4) is 0 Å². The van der Waals surface area contributed by atoms with Crippen molar-refractivity contribution >= 4 is 41.4 Å². The maximum Gasteiger partial charge on any atom is 0.326 e. The van der Waals surface area contributed by atoms with E-state index in [0.29, 0.717) is 11.4 Å². The van der Waals surface area contributed by atoms with Gasteiger partial charge in [-0.3, -0.25) is 19.2 Å². The fraction of sp³-hybridized carbons (Fsp3) is 0.556. The molecule has 0 aliphatic rings. The molecule has 33 heavy (non-hydrogen) atoms. The molecule has 0 aliphatic heterocycles. The van der Waals surface area contributed by atoms with Crippen LogP contribution in [-0.2, 0) is 30.4 Å². The third kappa shape index (κ3) is 9.88. The number of carbonyl (C=O) groups is 5. The third-order valence-corrected chi connectivity index (χ3v) is 5.03. The number of hydrogen-bond acceptors (Lipinski definition) is 9. The van der Waals surface area contributed by atoms with Gasteiger partial charge in [-0.1, -0.05) is 0 Å². The number of aliphatic hydroxyl groups excluding tert-OH is 1. The molecule has 15 heteroatoms. The summed E-state index contributed by atoms with van der Waals surface area (Å²) in [5.74, 6) is -5.00. The number of rotatable bonds is 15. The summed E-state index contributed by atoms with van der Waals surface area (Å²) in [5, 5.41) is 34.3. The van der Waals surface area contributed by atoms with Gasteiger partial charge in [0.25, 0.3) is 0 Å². The van der Waals surface area contributed by atoms with Crippen molar-refractivity contribution in [2.45, 2.75) is 43.4 Å². The maximum atomic E-state index is 12.8. The second-order valence-corrected chi connectivity index (χ2v) is 7.96. The Kier molecular flexibility index (Phi) is 11.9. The lowest BCUT2D eigenvalue weighted by Crippen LogP contribution is -2.58. The molecule has 0 aliphatic carbocycles. The molecule has 1 rings (SSSR count). The molecule has 0 bridgehead atoms. The first-order valence-corrected chi connectivity index (χ1v) is 11.2. The maximum absolute atomic E-state index is 12.8. The van der Waals surface area contributed by atoms with E-state index in [4.69, 9.17) is 15.9 Å². The fourth-order valence-corrected chi connectivity index (χ4v) is 3.08. The lowest BCUT2D eigenvalue weighted by atomic mass is 10.1. The molecule has 3 amide bonds. The van der Waals surface area contributed by atoms with Crippen LogP contribution >= 0.6 is 11.8 Å². The Morgan fingerprint density at radius 2 is 1.67 bits per heavy atom. The van der Waals surface area contributed by atoms with Crippen molar-refractivity contribution in [2.75, 3.05) is 18.6 Å². The van der Waals surface area contributed by atoms with Gasteiger partial charge in [0.2, 0.25) is 17.7 Å². The molecule has 14 nitrogen and oxygen atoms in total. The van der Waals surface area contributed by atoms with E-state index in [9.17, 15) is 29.1 Å². The van der Waals surface area contributed by atoms with Gasteiger partial charge < -0.3 is 42.0 Å². The Morgan fingerprint density at radius 1 is 1.06 bits per heavy atom. The van der Waals surface area contributed by atoms with Gasteiger partial charge in [0.15, 0.2) is 0 Å². The van der Waals surface area contributed by atoms with Gasteiger partial charge >= 0.3 is 11.9 Å². The minimum atomic E-state index is -1.57. The Bertz CT molecular complexity index is 821. The molecule has 1 aromatic rings. The smallest absolute Gasteiger partial charge is 0.326 e. The van der Waals surface area contributed by atoms with Crippen molar-refractivity contribution in [3.8, 4) is 0 Å². The zero-order valence-electron chi connectivity index (χ0n) is 17.8. The highest BCUT2D eigenvalue weighted by Crippen LogP contribution is 2.05. The molecule has 9 N–H and O–H groups in total. The van der Waals surface area contributed by atoms with E-state index < -0.39 is 66.9 Å². The van der Waals surface area contributed by atoms with E-state index in [1.54, 1.807) is 6.26 Å². The monoisotopic (exact) mass is 488 g/mol. The van der Waals surface area contributed by atoms with Crippen LogP contribution in [0.25, 0.3) is 0 Å². The van der Waals surface area contributed by atoms with Crippen LogP contribution in [0.4, 0.5) is 0 Å². The summed E-state index contributed by atoms with van der Waals surface area (Å²) in [6.45, 7) is -0.723. The number of nitrogens with two attached hydrogens (primary N) is 1. The molecule has 0 fully saturated rings. The number of nitrogens with one attached hydrogen (secondary N) is 4. The lowest BCUT2D eigenvalue weighted by Gasteiger charge is -2.24. The van der Waals surface area contributed by atoms with Gasteiger partial charge in [0.1, 0.15) is 24.2 Å². The average Bonchev–Trinajstić information content (AvgIpc) is 3.27. The first-order valence-electron chi connectivity index (χ1n) is 9.77. The number of thioether (sulfide) groups is 1. The Morgan fingerprint density at radius 3 is 2.18 bits per heavy atom. The van der Waals surface area contributed by atoms with Crippen molar-refractivity contribution in [1.29, 1.82) is 0 Å². The van der Waals surface area contributed by atoms with E-state index in [0.717, 1.165) is 0 Å². The molecule has 0 saturated carbocycles. The number of carboxylic acids is 2.